The van der Waals surface area contributed by atoms with Gasteiger partial charge >= 0.3 is 13.7 Å². The molecule has 7 atom stereocenters. The van der Waals surface area contributed by atoms with Crippen LogP contribution in [-0.4, -0.2) is 69.4 Å². The van der Waals surface area contributed by atoms with E-state index in [-0.39, 0.29) is 11.4 Å². The number of amides is 1. The van der Waals surface area contributed by atoms with E-state index in [0.29, 0.717) is 0 Å². The topological polar surface area (TPSA) is 183 Å². The van der Waals surface area contributed by atoms with Crippen LogP contribution in [0.1, 0.15) is 37.5 Å². The number of hydrogen-bond donors (Lipinski definition) is 3. The molecular weight excluding hydrogens is 511 g/mol. The van der Waals surface area contributed by atoms with Crippen molar-refractivity contribution < 1.29 is 47.3 Å². The lowest BCUT2D eigenvalue weighted by molar-refractivity contribution is -0.184. The highest BCUT2D eigenvalue weighted by molar-refractivity contribution is 7.52. The highest BCUT2D eigenvalue weighted by Crippen LogP contribution is 2.67. The standard InChI is InChI=1S/C22H27N4O10P/c1-11(20(29)31-4)25-37(30,34-12-8-6-5-7-9-12)35-15-14-22(15)16(33-21(2,3)36-22)19(32-14)26-10-24-13(17(23)27)18(26)28/h5-11,14-16,19,28H,1-4H3,(H2,23,27)(H,25,30). The largest absolute Gasteiger partial charge is 0.493 e. The van der Waals surface area contributed by atoms with Gasteiger partial charge in [0.2, 0.25) is 5.88 Å². The number of aromatic hydroxyl groups is 1. The third-order valence-corrected chi connectivity index (χ3v) is 7.94. The van der Waals surface area contributed by atoms with Gasteiger partial charge in [-0.15, -0.1) is 0 Å². The molecule has 1 amide bonds. The van der Waals surface area contributed by atoms with Gasteiger partial charge in [-0.2, -0.15) is 5.09 Å². The summed E-state index contributed by atoms with van der Waals surface area (Å²) in [5.74, 6) is -2.94. The number of ether oxygens (including phenoxy) is 4. The number of rotatable bonds is 9. The number of nitrogens with one attached hydrogen (secondary N) is 1. The number of esters is 1. The van der Waals surface area contributed by atoms with Crippen LogP contribution in [0.4, 0.5) is 0 Å². The zero-order chi connectivity index (χ0) is 26.8. The Morgan fingerprint density at radius 1 is 1.27 bits per heavy atom. The number of benzene rings is 1. The number of imidazole rings is 1. The number of para-hydroxylation sites is 1. The molecule has 2 aliphatic heterocycles. The lowest BCUT2D eigenvalue weighted by atomic mass is 10.1. The number of aromatic nitrogens is 2. The summed E-state index contributed by atoms with van der Waals surface area (Å²) in [6.07, 6.45) is -2.36. The Hall–Kier alpha value is -3.00. The van der Waals surface area contributed by atoms with E-state index >= 15 is 0 Å². The molecule has 1 aliphatic carbocycles. The van der Waals surface area contributed by atoms with Gasteiger partial charge in [-0.25, -0.2) is 9.55 Å². The minimum Gasteiger partial charge on any atom is -0.493 e. The van der Waals surface area contributed by atoms with E-state index in [0.717, 1.165) is 0 Å². The van der Waals surface area contributed by atoms with Crippen molar-refractivity contribution in [2.45, 2.75) is 62.7 Å². The summed E-state index contributed by atoms with van der Waals surface area (Å²) < 4.78 is 49.8. The van der Waals surface area contributed by atoms with Crippen LogP contribution < -0.4 is 15.3 Å². The Kier molecular flexibility index (Phi) is 6.09. The molecule has 2 aromatic rings. The summed E-state index contributed by atoms with van der Waals surface area (Å²) in [5.41, 5.74) is 3.70. The van der Waals surface area contributed by atoms with E-state index in [4.69, 9.17) is 33.7 Å². The van der Waals surface area contributed by atoms with Gasteiger partial charge in [-0.1, -0.05) is 18.2 Å². The highest BCUT2D eigenvalue weighted by atomic mass is 31.2. The van der Waals surface area contributed by atoms with Crippen molar-refractivity contribution >= 4 is 19.6 Å². The molecule has 4 N–H and O–H groups in total. The van der Waals surface area contributed by atoms with Gasteiger partial charge < -0.3 is 34.3 Å². The van der Waals surface area contributed by atoms with Gasteiger partial charge in [0.05, 0.1) is 7.11 Å². The summed E-state index contributed by atoms with van der Waals surface area (Å²) in [6.45, 7) is 4.82. The molecule has 1 spiro atoms. The third-order valence-electron chi connectivity index (χ3n) is 6.28. The van der Waals surface area contributed by atoms with E-state index < -0.39 is 67.5 Å². The normalized spacial score (nSPS) is 31.6. The van der Waals surface area contributed by atoms with Gasteiger partial charge in [-0.05, 0) is 32.9 Å². The molecule has 0 bridgehead atoms. The van der Waals surface area contributed by atoms with Gasteiger partial charge in [0, 0.05) is 0 Å². The van der Waals surface area contributed by atoms with E-state index in [1.807, 2.05) is 0 Å². The van der Waals surface area contributed by atoms with Gasteiger partial charge in [-0.3, -0.25) is 18.7 Å². The van der Waals surface area contributed by atoms with Crippen LogP contribution in [0.25, 0.3) is 0 Å². The summed E-state index contributed by atoms with van der Waals surface area (Å²) in [4.78, 5) is 27.4. The van der Waals surface area contributed by atoms with Crippen molar-refractivity contribution in [1.82, 2.24) is 14.6 Å². The average molecular weight is 538 g/mol. The number of hydrogen-bond acceptors (Lipinski definition) is 11. The molecule has 1 aromatic carbocycles. The number of carbonyl (C=O) groups is 2. The first-order chi connectivity index (χ1) is 17.4. The zero-order valence-corrected chi connectivity index (χ0v) is 21.3. The number of primary amides is 1. The van der Waals surface area contributed by atoms with Crippen LogP contribution in [0.15, 0.2) is 36.7 Å². The van der Waals surface area contributed by atoms with E-state index in [9.17, 15) is 19.3 Å². The van der Waals surface area contributed by atoms with Gasteiger partial charge in [0.1, 0.15) is 36.4 Å². The lowest BCUT2D eigenvalue weighted by Crippen LogP contribution is -2.37. The smallest absolute Gasteiger partial charge is 0.459 e. The van der Waals surface area contributed by atoms with Gasteiger partial charge in [0.15, 0.2) is 23.3 Å². The number of nitrogens with two attached hydrogens (primary N) is 1. The zero-order valence-electron chi connectivity index (χ0n) is 20.4. The minimum atomic E-state index is -4.21. The molecular formula is C22H27N4O10P. The first kappa shape index (κ1) is 25.6. The van der Waals surface area contributed by atoms with Crippen LogP contribution in [0.5, 0.6) is 11.6 Å². The molecule has 3 fully saturated rings. The van der Waals surface area contributed by atoms with Crippen molar-refractivity contribution in [2.24, 2.45) is 5.73 Å². The maximum atomic E-state index is 13.9. The quantitative estimate of drug-likeness (QED) is 0.307. The molecule has 15 heteroatoms. The number of carbonyl (C=O) groups excluding carboxylic acids is 2. The summed E-state index contributed by atoms with van der Waals surface area (Å²) in [6, 6.07) is 7.26. The highest BCUT2D eigenvalue weighted by Gasteiger charge is 2.85. The molecule has 3 aliphatic rings. The fourth-order valence-corrected chi connectivity index (χ4v) is 6.44. The molecule has 200 valence electrons. The first-order valence-corrected chi connectivity index (χ1v) is 12.9. The minimum absolute atomic E-state index is 0.236. The maximum absolute atomic E-state index is 13.9. The predicted octanol–water partition coefficient (Wildman–Crippen LogP) is 1.21. The molecule has 3 heterocycles. The van der Waals surface area contributed by atoms with Crippen LogP contribution in [0.2, 0.25) is 0 Å². The van der Waals surface area contributed by atoms with Gasteiger partial charge in [0.25, 0.3) is 5.91 Å². The molecule has 5 rings (SSSR count). The molecule has 1 aromatic heterocycles. The SMILES string of the molecule is COC(=O)C(C)NP(=O)(Oc1ccccc1)OC1C2OC(n3cnc(C(N)=O)c3O)C3OC(C)(C)OC321. The summed E-state index contributed by atoms with van der Waals surface area (Å²) >= 11 is 0. The van der Waals surface area contributed by atoms with Crippen molar-refractivity contribution in [2.75, 3.05) is 7.11 Å². The van der Waals surface area contributed by atoms with Crippen molar-refractivity contribution in [3.63, 3.8) is 0 Å². The second-order valence-electron chi connectivity index (χ2n) is 9.33. The van der Waals surface area contributed by atoms with E-state index in [2.05, 4.69) is 10.1 Å². The Bertz CT molecular complexity index is 1270. The Morgan fingerprint density at radius 3 is 2.59 bits per heavy atom. The van der Waals surface area contributed by atoms with Crippen LogP contribution in [0, 0.1) is 0 Å². The van der Waals surface area contributed by atoms with Crippen molar-refractivity contribution in [1.29, 1.82) is 0 Å². The first-order valence-electron chi connectivity index (χ1n) is 11.4. The maximum Gasteiger partial charge on any atom is 0.459 e. The Labute approximate surface area is 211 Å². The van der Waals surface area contributed by atoms with Crippen molar-refractivity contribution in [3.05, 3.63) is 42.4 Å². The summed E-state index contributed by atoms with van der Waals surface area (Å²) in [7, 11) is -3.01. The fourth-order valence-electron chi connectivity index (χ4n) is 4.73. The lowest BCUT2D eigenvalue weighted by Gasteiger charge is -2.26. The molecule has 7 unspecified atom stereocenters. The molecule has 37 heavy (non-hydrogen) atoms. The van der Waals surface area contributed by atoms with E-state index in [1.54, 1.807) is 44.2 Å². The molecule has 2 saturated heterocycles. The Balaban J connectivity index is 1.43. The monoisotopic (exact) mass is 538 g/mol. The number of nitrogens with zero attached hydrogens (tertiary/aromatic N) is 2. The average Bonchev–Trinajstić information content (AvgIpc) is 3.13. The van der Waals surface area contributed by atoms with Crippen LogP contribution in [-0.2, 0) is 32.8 Å². The molecule has 14 nitrogen and oxygen atoms in total. The van der Waals surface area contributed by atoms with Crippen LogP contribution >= 0.6 is 7.75 Å². The Morgan fingerprint density at radius 2 is 1.97 bits per heavy atom. The summed E-state index contributed by atoms with van der Waals surface area (Å²) in [5, 5.41) is 13.1. The molecule has 1 saturated carbocycles. The van der Waals surface area contributed by atoms with Crippen LogP contribution in [0.3, 0.4) is 0 Å². The fraction of sp³-hybridized carbons (Fsp3) is 0.500. The second-order valence-corrected chi connectivity index (χ2v) is 11.0. The second kappa shape index (κ2) is 8.79. The predicted molar refractivity (Wildman–Crippen MR) is 123 cm³/mol. The number of methoxy groups -OCH3 is 1. The third kappa shape index (κ3) is 4.29. The van der Waals surface area contributed by atoms with Crippen molar-refractivity contribution in [3.8, 4) is 11.6 Å². The molecule has 0 radical (unpaired) electrons. The van der Waals surface area contributed by atoms with E-state index in [1.165, 1.54) is 24.9 Å².